The lowest BCUT2D eigenvalue weighted by Gasteiger charge is -2.30. The maximum Gasteiger partial charge on any atom is 0.138 e. The standard InChI is InChI=1S/C14H18BrN3/c1-2-17-6-3-4-11(9-17)13-10-18-7-5-12(15)8-14(18)16-13/h5,7-8,10-11H,2-4,6,9H2,1H3. The average molecular weight is 308 g/mol. The molecule has 3 rings (SSSR count). The molecule has 1 atom stereocenters. The number of halogens is 1. The fourth-order valence-corrected chi connectivity index (χ4v) is 3.08. The summed E-state index contributed by atoms with van der Waals surface area (Å²) in [6.07, 6.45) is 6.81. The zero-order chi connectivity index (χ0) is 12.5. The first kappa shape index (κ1) is 12.2. The van der Waals surface area contributed by atoms with Crippen molar-refractivity contribution in [2.45, 2.75) is 25.7 Å². The van der Waals surface area contributed by atoms with Gasteiger partial charge in [-0.05, 0) is 38.1 Å². The van der Waals surface area contributed by atoms with Crippen molar-refractivity contribution in [3.63, 3.8) is 0 Å². The zero-order valence-electron chi connectivity index (χ0n) is 10.6. The highest BCUT2D eigenvalue weighted by molar-refractivity contribution is 9.10. The summed E-state index contributed by atoms with van der Waals surface area (Å²) >= 11 is 3.50. The number of pyridine rings is 1. The summed E-state index contributed by atoms with van der Waals surface area (Å²) in [6, 6.07) is 4.13. The van der Waals surface area contributed by atoms with Gasteiger partial charge in [0.2, 0.25) is 0 Å². The van der Waals surface area contributed by atoms with Crippen LogP contribution in [0.4, 0.5) is 0 Å². The van der Waals surface area contributed by atoms with Gasteiger partial charge in [-0.25, -0.2) is 4.98 Å². The summed E-state index contributed by atoms with van der Waals surface area (Å²) in [4.78, 5) is 7.29. The molecule has 1 aliphatic heterocycles. The Bertz CT molecular complexity index is 549. The van der Waals surface area contributed by atoms with Gasteiger partial charge in [-0.1, -0.05) is 22.9 Å². The van der Waals surface area contributed by atoms with E-state index in [0.29, 0.717) is 5.92 Å². The molecular formula is C14H18BrN3. The Hall–Kier alpha value is -0.870. The highest BCUT2D eigenvalue weighted by Gasteiger charge is 2.22. The minimum atomic E-state index is 0.595. The molecular weight excluding hydrogens is 290 g/mol. The van der Waals surface area contributed by atoms with Gasteiger partial charge in [0.15, 0.2) is 0 Å². The third-order valence-corrected chi connectivity index (χ3v) is 4.31. The van der Waals surface area contributed by atoms with Gasteiger partial charge >= 0.3 is 0 Å². The number of hydrogen-bond donors (Lipinski definition) is 0. The third kappa shape index (κ3) is 2.31. The molecule has 96 valence electrons. The number of nitrogens with zero attached hydrogens (tertiary/aromatic N) is 3. The molecule has 0 saturated carbocycles. The van der Waals surface area contributed by atoms with Gasteiger partial charge in [0.05, 0.1) is 5.69 Å². The van der Waals surface area contributed by atoms with Crippen molar-refractivity contribution < 1.29 is 0 Å². The van der Waals surface area contributed by atoms with E-state index in [0.717, 1.165) is 23.2 Å². The van der Waals surface area contributed by atoms with Crippen LogP contribution >= 0.6 is 15.9 Å². The minimum absolute atomic E-state index is 0.595. The van der Waals surface area contributed by atoms with Crippen molar-refractivity contribution in [1.82, 2.24) is 14.3 Å². The molecule has 0 radical (unpaired) electrons. The summed E-state index contributed by atoms with van der Waals surface area (Å²) in [5, 5.41) is 0. The van der Waals surface area contributed by atoms with Gasteiger partial charge in [-0.3, -0.25) is 0 Å². The van der Waals surface area contributed by atoms with Crippen molar-refractivity contribution in [3.8, 4) is 0 Å². The van der Waals surface area contributed by atoms with Gasteiger partial charge in [0.25, 0.3) is 0 Å². The number of fused-ring (bicyclic) bond motifs is 1. The zero-order valence-corrected chi connectivity index (χ0v) is 12.2. The van der Waals surface area contributed by atoms with Crippen molar-refractivity contribution in [1.29, 1.82) is 0 Å². The average Bonchev–Trinajstić information content (AvgIpc) is 2.81. The first-order valence-corrected chi connectivity index (χ1v) is 7.42. The number of piperidine rings is 1. The molecule has 18 heavy (non-hydrogen) atoms. The highest BCUT2D eigenvalue weighted by Crippen LogP contribution is 2.26. The van der Waals surface area contributed by atoms with Crippen LogP contribution in [0.5, 0.6) is 0 Å². The summed E-state index contributed by atoms with van der Waals surface area (Å²) in [5.41, 5.74) is 2.28. The van der Waals surface area contributed by atoms with Crippen LogP contribution in [-0.2, 0) is 0 Å². The number of hydrogen-bond acceptors (Lipinski definition) is 2. The van der Waals surface area contributed by atoms with Gasteiger partial charge in [0, 0.05) is 29.3 Å². The van der Waals surface area contributed by atoms with Crippen LogP contribution in [0.25, 0.3) is 5.65 Å². The normalized spacial score (nSPS) is 21.6. The lowest BCUT2D eigenvalue weighted by atomic mass is 9.95. The molecule has 1 unspecified atom stereocenters. The second-order valence-electron chi connectivity index (χ2n) is 5.01. The Morgan fingerprint density at radius 2 is 2.39 bits per heavy atom. The maximum atomic E-state index is 4.77. The van der Waals surface area contributed by atoms with Crippen LogP contribution in [-0.4, -0.2) is 33.9 Å². The van der Waals surface area contributed by atoms with Gasteiger partial charge in [-0.15, -0.1) is 0 Å². The van der Waals surface area contributed by atoms with E-state index in [4.69, 9.17) is 4.98 Å². The van der Waals surface area contributed by atoms with Crippen molar-refractivity contribution in [3.05, 3.63) is 34.7 Å². The van der Waals surface area contributed by atoms with Gasteiger partial charge in [-0.2, -0.15) is 0 Å². The van der Waals surface area contributed by atoms with Crippen LogP contribution in [0.1, 0.15) is 31.4 Å². The molecule has 0 aliphatic carbocycles. The van der Waals surface area contributed by atoms with E-state index in [-0.39, 0.29) is 0 Å². The second kappa shape index (κ2) is 5.02. The molecule has 1 saturated heterocycles. The molecule has 2 aromatic heterocycles. The van der Waals surface area contributed by atoms with Gasteiger partial charge in [0.1, 0.15) is 5.65 Å². The smallest absolute Gasteiger partial charge is 0.138 e. The van der Waals surface area contributed by atoms with Crippen molar-refractivity contribution >= 4 is 21.6 Å². The Kier molecular flexibility index (Phi) is 3.39. The van der Waals surface area contributed by atoms with E-state index < -0.39 is 0 Å². The quantitative estimate of drug-likeness (QED) is 0.848. The molecule has 0 amide bonds. The largest absolute Gasteiger partial charge is 0.307 e. The van der Waals surface area contributed by atoms with Crippen molar-refractivity contribution in [2.75, 3.05) is 19.6 Å². The molecule has 2 aromatic rings. The number of likely N-dealkylation sites (tertiary alicyclic amines) is 1. The fourth-order valence-electron chi connectivity index (χ4n) is 2.76. The van der Waals surface area contributed by atoms with Crippen molar-refractivity contribution in [2.24, 2.45) is 0 Å². The molecule has 3 nitrogen and oxygen atoms in total. The first-order chi connectivity index (χ1) is 8.76. The predicted octanol–water partition coefficient (Wildman–Crippen LogP) is 3.30. The van der Waals surface area contributed by atoms with Crippen LogP contribution in [0.3, 0.4) is 0 Å². The van der Waals surface area contributed by atoms with E-state index in [1.807, 2.05) is 0 Å². The number of aromatic nitrogens is 2. The molecule has 0 aromatic carbocycles. The SMILES string of the molecule is CCN1CCCC(c2cn3ccc(Br)cc3n2)C1. The van der Waals surface area contributed by atoms with Crippen LogP contribution in [0, 0.1) is 0 Å². The summed E-state index contributed by atoms with van der Waals surface area (Å²) in [6.45, 7) is 5.78. The first-order valence-electron chi connectivity index (χ1n) is 6.63. The lowest BCUT2D eigenvalue weighted by Crippen LogP contribution is -2.34. The van der Waals surface area contributed by atoms with Crippen LogP contribution in [0.2, 0.25) is 0 Å². The maximum absolute atomic E-state index is 4.77. The summed E-state index contributed by atoms with van der Waals surface area (Å²) in [5.74, 6) is 0.595. The molecule has 3 heterocycles. The van der Waals surface area contributed by atoms with Crippen LogP contribution < -0.4 is 0 Å². The Labute approximate surface area is 116 Å². The predicted molar refractivity (Wildman–Crippen MR) is 77.0 cm³/mol. The number of likely N-dealkylation sites (N-methyl/N-ethyl adjacent to an activating group) is 1. The number of rotatable bonds is 2. The Balaban J connectivity index is 1.89. The molecule has 0 N–H and O–H groups in total. The molecule has 0 spiro atoms. The number of imidazole rings is 1. The second-order valence-corrected chi connectivity index (χ2v) is 5.92. The van der Waals surface area contributed by atoms with E-state index >= 15 is 0 Å². The van der Waals surface area contributed by atoms with E-state index in [2.05, 4.69) is 56.7 Å². The lowest BCUT2D eigenvalue weighted by molar-refractivity contribution is 0.216. The van der Waals surface area contributed by atoms with E-state index in [1.54, 1.807) is 0 Å². The minimum Gasteiger partial charge on any atom is -0.307 e. The monoisotopic (exact) mass is 307 g/mol. The van der Waals surface area contributed by atoms with Gasteiger partial charge < -0.3 is 9.30 Å². The third-order valence-electron chi connectivity index (χ3n) is 3.81. The molecule has 1 aliphatic rings. The fraction of sp³-hybridized carbons (Fsp3) is 0.500. The Morgan fingerprint density at radius 3 is 3.22 bits per heavy atom. The van der Waals surface area contributed by atoms with E-state index in [9.17, 15) is 0 Å². The summed E-state index contributed by atoms with van der Waals surface area (Å²) < 4.78 is 3.20. The molecule has 4 heteroatoms. The molecule has 0 bridgehead atoms. The topological polar surface area (TPSA) is 20.5 Å². The Morgan fingerprint density at radius 1 is 1.50 bits per heavy atom. The van der Waals surface area contributed by atoms with Crippen LogP contribution in [0.15, 0.2) is 29.0 Å². The van der Waals surface area contributed by atoms with E-state index in [1.165, 1.54) is 25.1 Å². The highest BCUT2D eigenvalue weighted by atomic mass is 79.9. The summed E-state index contributed by atoms with van der Waals surface area (Å²) in [7, 11) is 0. The molecule has 1 fully saturated rings.